The minimum absolute atomic E-state index is 0.115. The standard InChI is InChI=1S/C22H30O6Si/c1-8-27-20-12(2)21(28-29(5,6)7)22(26-4)17-16(20)18(23)13-10-9-11-14(25-3)15(13)19(17)24/h9-11,16-17,20,22H,8H2,1-7H3/t16-,17+,20+,22-/m0/s1. The van der Waals surface area contributed by atoms with Gasteiger partial charge in [-0.1, -0.05) is 12.1 Å². The minimum atomic E-state index is -2.00. The van der Waals surface area contributed by atoms with Gasteiger partial charge in [0.05, 0.1) is 30.6 Å². The van der Waals surface area contributed by atoms with Crippen molar-refractivity contribution in [1.29, 1.82) is 0 Å². The average Bonchev–Trinajstić information content (AvgIpc) is 2.67. The number of carbonyl (C=O) groups excluding carboxylic acids is 2. The first kappa shape index (κ1) is 21.7. The molecule has 0 spiro atoms. The Morgan fingerprint density at radius 3 is 2.21 bits per heavy atom. The summed E-state index contributed by atoms with van der Waals surface area (Å²) in [4.78, 5) is 27.2. The number of ether oxygens (including phenoxy) is 3. The number of benzene rings is 1. The lowest BCUT2D eigenvalue weighted by Gasteiger charge is -2.45. The lowest BCUT2D eigenvalue weighted by molar-refractivity contribution is -0.0343. The van der Waals surface area contributed by atoms with Crippen LogP contribution in [0.15, 0.2) is 29.5 Å². The molecule has 0 saturated heterocycles. The van der Waals surface area contributed by atoms with Gasteiger partial charge in [0.2, 0.25) is 8.32 Å². The van der Waals surface area contributed by atoms with Gasteiger partial charge >= 0.3 is 0 Å². The maximum Gasteiger partial charge on any atom is 0.241 e. The molecule has 29 heavy (non-hydrogen) atoms. The van der Waals surface area contributed by atoms with Crippen molar-refractivity contribution in [3.63, 3.8) is 0 Å². The third kappa shape index (κ3) is 3.67. The van der Waals surface area contributed by atoms with Gasteiger partial charge in [0, 0.05) is 19.3 Å². The summed E-state index contributed by atoms with van der Waals surface area (Å²) in [5.41, 5.74) is 1.54. The van der Waals surface area contributed by atoms with E-state index in [0.29, 0.717) is 29.2 Å². The maximum absolute atomic E-state index is 13.7. The molecule has 2 aliphatic rings. The second-order valence-electron chi connectivity index (χ2n) is 8.46. The second-order valence-corrected chi connectivity index (χ2v) is 12.9. The van der Waals surface area contributed by atoms with Gasteiger partial charge in [0.1, 0.15) is 17.6 Å². The Labute approximate surface area is 173 Å². The predicted octanol–water partition coefficient (Wildman–Crippen LogP) is 3.87. The number of fused-ring (bicyclic) bond motifs is 2. The van der Waals surface area contributed by atoms with Crippen LogP contribution in [0, 0.1) is 11.8 Å². The van der Waals surface area contributed by atoms with Gasteiger partial charge in [-0.25, -0.2) is 0 Å². The molecule has 0 unspecified atom stereocenters. The van der Waals surface area contributed by atoms with Crippen LogP contribution in [-0.4, -0.2) is 52.9 Å². The SMILES string of the molecule is CCO[C@@H]1C(C)=C(O[Si](C)(C)C)[C@@H](OC)[C@H]2C(=O)c3c(OC)cccc3C(=O)[C@H]21. The molecule has 0 radical (unpaired) electrons. The van der Waals surface area contributed by atoms with Crippen LogP contribution in [0.4, 0.5) is 0 Å². The smallest absolute Gasteiger partial charge is 0.241 e. The van der Waals surface area contributed by atoms with E-state index < -0.39 is 32.4 Å². The van der Waals surface area contributed by atoms with Crippen LogP contribution in [0.25, 0.3) is 0 Å². The normalized spacial score (nSPS) is 26.9. The van der Waals surface area contributed by atoms with Crippen molar-refractivity contribution >= 4 is 19.9 Å². The molecule has 0 aliphatic heterocycles. The lowest BCUT2D eigenvalue weighted by atomic mass is 9.64. The molecule has 6 nitrogen and oxygen atoms in total. The predicted molar refractivity (Wildman–Crippen MR) is 112 cm³/mol. The average molecular weight is 419 g/mol. The molecule has 0 fully saturated rings. The molecule has 0 heterocycles. The topological polar surface area (TPSA) is 71.1 Å². The largest absolute Gasteiger partial charge is 0.545 e. The molecular weight excluding hydrogens is 388 g/mol. The van der Waals surface area contributed by atoms with Crippen molar-refractivity contribution in [3.05, 3.63) is 40.7 Å². The van der Waals surface area contributed by atoms with Crippen molar-refractivity contribution in [2.24, 2.45) is 11.8 Å². The Morgan fingerprint density at radius 2 is 1.66 bits per heavy atom. The van der Waals surface area contributed by atoms with Crippen LogP contribution < -0.4 is 4.74 Å². The van der Waals surface area contributed by atoms with Gasteiger partial charge in [-0.3, -0.25) is 9.59 Å². The number of Topliss-reactive ketones (excluding diaryl/α,β-unsaturated/α-hetero) is 2. The molecule has 3 rings (SSSR count). The molecule has 158 valence electrons. The van der Waals surface area contributed by atoms with Crippen molar-refractivity contribution in [1.82, 2.24) is 0 Å². The van der Waals surface area contributed by atoms with Gasteiger partial charge in [0.15, 0.2) is 11.6 Å². The third-order valence-corrected chi connectivity index (χ3v) is 6.33. The number of rotatable bonds is 6. The van der Waals surface area contributed by atoms with Gasteiger partial charge < -0.3 is 18.6 Å². The third-order valence-electron chi connectivity index (χ3n) is 5.49. The Bertz CT molecular complexity index is 853. The fourth-order valence-electron chi connectivity index (χ4n) is 4.41. The summed E-state index contributed by atoms with van der Waals surface area (Å²) in [6, 6.07) is 5.12. The quantitative estimate of drug-likeness (QED) is 0.653. The highest BCUT2D eigenvalue weighted by molar-refractivity contribution is 6.70. The highest BCUT2D eigenvalue weighted by Gasteiger charge is 2.55. The summed E-state index contributed by atoms with van der Waals surface area (Å²) in [5, 5.41) is 0. The highest BCUT2D eigenvalue weighted by Crippen LogP contribution is 2.47. The number of carbonyl (C=O) groups is 2. The molecule has 0 amide bonds. The highest BCUT2D eigenvalue weighted by atomic mass is 28.4. The van der Waals surface area contributed by atoms with Gasteiger partial charge in [-0.05, 0) is 45.1 Å². The molecule has 4 atom stereocenters. The molecule has 0 aromatic heterocycles. The van der Waals surface area contributed by atoms with Gasteiger partial charge in [-0.2, -0.15) is 0 Å². The summed E-state index contributed by atoms with van der Waals surface area (Å²) >= 11 is 0. The van der Waals surface area contributed by atoms with Crippen molar-refractivity contribution in [2.75, 3.05) is 20.8 Å². The Kier molecular flexibility index (Phi) is 6.03. The van der Waals surface area contributed by atoms with Crippen LogP contribution in [0.5, 0.6) is 5.75 Å². The van der Waals surface area contributed by atoms with E-state index in [2.05, 4.69) is 19.6 Å². The Morgan fingerprint density at radius 1 is 1.00 bits per heavy atom. The summed E-state index contributed by atoms with van der Waals surface area (Å²) in [5.74, 6) is -0.617. The first-order valence-corrected chi connectivity index (χ1v) is 13.4. The van der Waals surface area contributed by atoms with Crippen LogP contribution >= 0.6 is 0 Å². The van der Waals surface area contributed by atoms with E-state index >= 15 is 0 Å². The van der Waals surface area contributed by atoms with Crippen molar-refractivity contribution in [3.8, 4) is 5.75 Å². The number of ketones is 2. The summed E-state index contributed by atoms with van der Waals surface area (Å²) in [6.07, 6.45) is -1.17. The first-order chi connectivity index (χ1) is 13.7. The maximum atomic E-state index is 13.7. The van der Waals surface area contributed by atoms with E-state index in [4.69, 9.17) is 18.6 Å². The fraction of sp³-hybridized carbons (Fsp3) is 0.545. The summed E-state index contributed by atoms with van der Waals surface area (Å²) in [6.45, 7) is 10.5. The van der Waals surface area contributed by atoms with E-state index in [9.17, 15) is 9.59 Å². The lowest BCUT2D eigenvalue weighted by Crippen LogP contribution is -2.55. The Hall–Kier alpha value is -1.96. The second kappa shape index (κ2) is 8.05. The van der Waals surface area contributed by atoms with E-state index in [-0.39, 0.29) is 11.6 Å². The number of methoxy groups -OCH3 is 2. The van der Waals surface area contributed by atoms with Gasteiger partial charge in [-0.15, -0.1) is 0 Å². The van der Waals surface area contributed by atoms with Crippen LogP contribution in [0.1, 0.15) is 34.6 Å². The van der Waals surface area contributed by atoms with Crippen LogP contribution in [0.3, 0.4) is 0 Å². The number of hydrogen-bond donors (Lipinski definition) is 0. The fourth-order valence-corrected chi connectivity index (χ4v) is 5.35. The van der Waals surface area contributed by atoms with Crippen molar-refractivity contribution < 1.29 is 28.2 Å². The minimum Gasteiger partial charge on any atom is -0.545 e. The molecular formula is C22H30O6Si. The Balaban J connectivity index is 2.23. The van der Waals surface area contributed by atoms with Gasteiger partial charge in [0.25, 0.3) is 0 Å². The molecule has 1 aromatic rings. The van der Waals surface area contributed by atoms with E-state index in [1.165, 1.54) is 7.11 Å². The molecule has 7 heteroatoms. The van der Waals surface area contributed by atoms with Crippen molar-refractivity contribution in [2.45, 2.75) is 45.7 Å². The van der Waals surface area contributed by atoms with E-state index in [1.54, 1.807) is 25.3 Å². The number of hydrogen-bond acceptors (Lipinski definition) is 6. The zero-order valence-corrected chi connectivity index (χ0v) is 19.2. The zero-order valence-electron chi connectivity index (χ0n) is 18.2. The van der Waals surface area contributed by atoms with Crippen LogP contribution in [0.2, 0.25) is 19.6 Å². The summed E-state index contributed by atoms with van der Waals surface area (Å²) < 4.78 is 23.6. The monoisotopic (exact) mass is 418 g/mol. The molecule has 0 N–H and O–H groups in total. The summed E-state index contributed by atoms with van der Waals surface area (Å²) in [7, 11) is 1.06. The van der Waals surface area contributed by atoms with Crippen LogP contribution in [-0.2, 0) is 13.9 Å². The van der Waals surface area contributed by atoms with E-state index in [1.807, 2.05) is 13.8 Å². The molecule has 1 aromatic carbocycles. The molecule has 0 bridgehead atoms. The molecule has 0 saturated carbocycles. The first-order valence-electron chi connectivity index (χ1n) is 9.95. The van der Waals surface area contributed by atoms with E-state index in [0.717, 1.165) is 5.57 Å². The zero-order chi connectivity index (χ0) is 21.5. The molecule has 2 aliphatic carbocycles.